The monoisotopic (exact) mass is 239 g/mol. The summed E-state index contributed by atoms with van der Waals surface area (Å²) in [4.78, 5) is 0. The quantitative estimate of drug-likeness (QED) is 0.767. The summed E-state index contributed by atoms with van der Waals surface area (Å²) < 4.78 is 25.3. The van der Waals surface area contributed by atoms with E-state index < -0.39 is 10.0 Å². The van der Waals surface area contributed by atoms with Gasteiger partial charge < -0.3 is 0 Å². The van der Waals surface area contributed by atoms with Gasteiger partial charge in [0.25, 0.3) is 0 Å². The second-order valence-corrected chi connectivity index (χ2v) is 6.97. The molecule has 0 aromatic rings. The van der Waals surface area contributed by atoms with Crippen molar-refractivity contribution in [1.82, 2.24) is 4.72 Å². The zero-order valence-electron chi connectivity index (χ0n) is 8.72. The van der Waals surface area contributed by atoms with E-state index in [2.05, 4.69) is 18.6 Å². The van der Waals surface area contributed by atoms with Crippen LogP contribution < -0.4 is 4.72 Å². The summed E-state index contributed by atoms with van der Waals surface area (Å²) in [7, 11) is -3.27. The van der Waals surface area contributed by atoms with E-state index in [1.807, 2.05) is 0 Å². The van der Waals surface area contributed by atoms with Crippen LogP contribution in [0.1, 0.15) is 39.5 Å². The number of nitrogens with one attached hydrogen (secondary N) is 1. The number of sulfonamides is 1. The summed E-state index contributed by atoms with van der Waals surface area (Å²) in [5.41, 5.74) is 0.0530. The van der Waals surface area contributed by atoms with Gasteiger partial charge in [0.1, 0.15) is 5.21 Å². The van der Waals surface area contributed by atoms with E-state index in [9.17, 15) is 8.42 Å². The molecular formula is C9H18ClNO2S. The average Bonchev–Trinajstić information content (AvgIpc) is 2.09. The van der Waals surface area contributed by atoms with Crippen molar-refractivity contribution in [1.29, 1.82) is 0 Å². The van der Waals surface area contributed by atoms with Crippen LogP contribution in [0.15, 0.2) is 0 Å². The smallest absolute Gasteiger partial charge is 0.211 e. The van der Waals surface area contributed by atoms with Crippen LogP contribution in [0.3, 0.4) is 0 Å². The topological polar surface area (TPSA) is 46.2 Å². The Morgan fingerprint density at radius 3 is 2.57 bits per heavy atom. The van der Waals surface area contributed by atoms with Crippen molar-refractivity contribution >= 4 is 21.6 Å². The highest BCUT2D eigenvalue weighted by Gasteiger charge is 2.34. The number of halogens is 1. The third kappa shape index (κ3) is 3.11. The Hall–Kier alpha value is 0.200. The molecule has 5 heteroatoms. The largest absolute Gasteiger partial charge is 0.225 e. The van der Waals surface area contributed by atoms with E-state index in [0.717, 1.165) is 19.3 Å². The molecule has 1 aliphatic rings. The first-order chi connectivity index (χ1) is 6.37. The Labute approximate surface area is 91.3 Å². The minimum absolute atomic E-state index is 0.0417. The van der Waals surface area contributed by atoms with Gasteiger partial charge in [0.2, 0.25) is 10.0 Å². The summed E-state index contributed by atoms with van der Waals surface area (Å²) in [6.45, 7) is 4.21. The van der Waals surface area contributed by atoms with Gasteiger partial charge in [0.15, 0.2) is 0 Å². The van der Waals surface area contributed by atoms with Crippen molar-refractivity contribution in [3.05, 3.63) is 0 Å². The third-order valence-electron chi connectivity index (χ3n) is 2.97. The Morgan fingerprint density at radius 1 is 1.43 bits per heavy atom. The van der Waals surface area contributed by atoms with Crippen LogP contribution in [0.2, 0.25) is 0 Å². The first-order valence-corrected chi connectivity index (χ1v) is 7.12. The molecule has 0 heterocycles. The highest BCUT2D eigenvalue weighted by molar-refractivity contribution is 7.90. The SMILES string of the molecule is CC1(C)CCCCC1NS(=O)(=O)CCl. The van der Waals surface area contributed by atoms with Gasteiger partial charge in [0, 0.05) is 6.04 Å². The van der Waals surface area contributed by atoms with Crippen molar-refractivity contribution in [2.45, 2.75) is 45.6 Å². The minimum Gasteiger partial charge on any atom is -0.211 e. The molecule has 0 saturated heterocycles. The van der Waals surface area contributed by atoms with Crippen LogP contribution in [-0.2, 0) is 10.0 Å². The second kappa shape index (κ2) is 4.37. The molecule has 1 rings (SSSR count). The maximum atomic E-state index is 11.3. The maximum absolute atomic E-state index is 11.3. The zero-order valence-corrected chi connectivity index (χ0v) is 10.3. The van der Waals surface area contributed by atoms with Crippen LogP contribution in [0, 0.1) is 5.41 Å². The van der Waals surface area contributed by atoms with E-state index in [1.165, 1.54) is 6.42 Å². The van der Waals surface area contributed by atoms with Gasteiger partial charge in [-0.15, -0.1) is 11.6 Å². The Kier molecular flexibility index (Phi) is 3.83. The molecular weight excluding hydrogens is 222 g/mol. The molecule has 1 fully saturated rings. The van der Waals surface area contributed by atoms with Gasteiger partial charge in [0.05, 0.1) is 0 Å². The molecule has 84 valence electrons. The van der Waals surface area contributed by atoms with Gasteiger partial charge in [-0.1, -0.05) is 26.7 Å². The minimum atomic E-state index is -3.27. The van der Waals surface area contributed by atoms with Crippen molar-refractivity contribution in [3.63, 3.8) is 0 Å². The molecule has 0 spiro atoms. The molecule has 1 atom stereocenters. The molecule has 1 unspecified atom stereocenters. The summed E-state index contributed by atoms with van der Waals surface area (Å²) in [5.74, 6) is 0. The molecule has 1 aliphatic carbocycles. The van der Waals surface area contributed by atoms with Gasteiger partial charge in [-0.2, -0.15) is 0 Å². The molecule has 0 radical (unpaired) electrons. The third-order valence-corrected chi connectivity index (χ3v) is 4.77. The maximum Gasteiger partial charge on any atom is 0.225 e. The molecule has 0 aromatic heterocycles. The fourth-order valence-electron chi connectivity index (χ4n) is 1.96. The summed E-state index contributed by atoms with van der Waals surface area (Å²) in [5, 5.41) is -0.348. The Morgan fingerprint density at radius 2 is 2.07 bits per heavy atom. The molecule has 0 amide bonds. The number of rotatable bonds is 3. The van der Waals surface area contributed by atoms with E-state index >= 15 is 0 Å². The van der Waals surface area contributed by atoms with Crippen LogP contribution in [-0.4, -0.2) is 19.7 Å². The predicted molar refractivity (Wildman–Crippen MR) is 58.8 cm³/mol. The molecule has 14 heavy (non-hydrogen) atoms. The fourth-order valence-corrected chi connectivity index (χ4v) is 3.08. The van der Waals surface area contributed by atoms with Crippen LogP contribution in [0.5, 0.6) is 0 Å². The van der Waals surface area contributed by atoms with E-state index in [-0.39, 0.29) is 16.7 Å². The van der Waals surface area contributed by atoms with Crippen molar-refractivity contribution in [2.24, 2.45) is 5.41 Å². The first-order valence-electron chi connectivity index (χ1n) is 4.93. The Bertz CT molecular complexity index is 287. The normalized spacial score (nSPS) is 27.5. The van der Waals surface area contributed by atoms with Gasteiger partial charge in [-0.25, -0.2) is 13.1 Å². The van der Waals surface area contributed by atoms with Crippen molar-refractivity contribution in [3.8, 4) is 0 Å². The molecule has 1 saturated carbocycles. The lowest BCUT2D eigenvalue weighted by Gasteiger charge is -2.38. The first kappa shape index (κ1) is 12.3. The van der Waals surface area contributed by atoms with Crippen LogP contribution in [0.4, 0.5) is 0 Å². The molecule has 0 aliphatic heterocycles. The van der Waals surface area contributed by atoms with E-state index in [1.54, 1.807) is 0 Å². The van der Waals surface area contributed by atoms with Crippen LogP contribution in [0.25, 0.3) is 0 Å². The van der Waals surface area contributed by atoms with Crippen molar-refractivity contribution < 1.29 is 8.42 Å². The summed E-state index contributed by atoms with van der Waals surface area (Å²) >= 11 is 5.36. The number of alkyl halides is 1. The fraction of sp³-hybridized carbons (Fsp3) is 1.00. The van der Waals surface area contributed by atoms with E-state index in [0.29, 0.717) is 0 Å². The van der Waals surface area contributed by atoms with Gasteiger partial charge in [-0.3, -0.25) is 0 Å². The average molecular weight is 240 g/mol. The van der Waals surface area contributed by atoms with E-state index in [4.69, 9.17) is 11.6 Å². The highest BCUT2D eigenvalue weighted by atomic mass is 35.5. The lowest BCUT2D eigenvalue weighted by Crippen LogP contribution is -2.47. The summed E-state index contributed by atoms with van der Waals surface area (Å²) in [6.07, 6.45) is 4.27. The van der Waals surface area contributed by atoms with Crippen molar-refractivity contribution in [2.75, 3.05) is 5.21 Å². The molecule has 0 aromatic carbocycles. The number of hydrogen-bond donors (Lipinski definition) is 1. The molecule has 1 N–H and O–H groups in total. The van der Waals surface area contributed by atoms with Crippen LogP contribution >= 0.6 is 11.6 Å². The van der Waals surface area contributed by atoms with Gasteiger partial charge in [-0.05, 0) is 18.3 Å². The highest BCUT2D eigenvalue weighted by Crippen LogP contribution is 2.35. The predicted octanol–water partition coefficient (Wildman–Crippen LogP) is 2.07. The number of hydrogen-bond acceptors (Lipinski definition) is 2. The van der Waals surface area contributed by atoms with Gasteiger partial charge >= 0.3 is 0 Å². The Balaban J connectivity index is 2.67. The molecule has 3 nitrogen and oxygen atoms in total. The lowest BCUT2D eigenvalue weighted by molar-refractivity contribution is 0.188. The second-order valence-electron chi connectivity index (χ2n) is 4.63. The standard InChI is InChI=1S/C9H18ClNO2S/c1-9(2)6-4-3-5-8(9)11-14(12,13)7-10/h8,11H,3-7H2,1-2H3. The summed E-state index contributed by atoms with van der Waals surface area (Å²) in [6, 6.07) is 0.0417. The molecule has 0 bridgehead atoms. The zero-order chi connectivity index (χ0) is 10.8. The lowest BCUT2D eigenvalue weighted by atomic mass is 9.74.